The molecule has 0 bridgehead atoms. The fourth-order valence-corrected chi connectivity index (χ4v) is 2.23. The van der Waals surface area contributed by atoms with Gasteiger partial charge >= 0.3 is 0 Å². The lowest BCUT2D eigenvalue weighted by Gasteiger charge is -2.06. The van der Waals surface area contributed by atoms with E-state index in [1.807, 2.05) is 31.2 Å². The number of aromatic nitrogens is 1. The predicted molar refractivity (Wildman–Crippen MR) is 80.3 cm³/mol. The maximum absolute atomic E-state index is 10.9. The molecule has 1 heterocycles. The van der Waals surface area contributed by atoms with Crippen LogP contribution in [0.2, 0.25) is 0 Å². The Hall–Kier alpha value is -1.79. The van der Waals surface area contributed by atoms with E-state index < -0.39 is 4.92 Å². The van der Waals surface area contributed by atoms with Crippen molar-refractivity contribution in [2.75, 3.05) is 0 Å². The van der Waals surface area contributed by atoms with Crippen molar-refractivity contribution in [2.24, 2.45) is 0 Å². The summed E-state index contributed by atoms with van der Waals surface area (Å²) in [5.41, 5.74) is 2.88. The molecule has 104 valence electrons. The molecule has 0 unspecified atom stereocenters. The number of halogens is 1. The SMILES string of the molecule is Cc1cccc(CNCc2ccc(Br)c([N+](=O)[O-])c2)n1. The molecule has 0 aliphatic heterocycles. The Balaban J connectivity index is 1.97. The standard InChI is InChI=1S/C14H14BrN3O2/c1-10-3-2-4-12(17-10)9-16-8-11-5-6-13(15)14(7-11)18(19)20/h2-7,16H,8-9H2,1H3. The molecule has 5 nitrogen and oxygen atoms in total. The molecule has 0 spiro atoms. The number of rotatable bonds is 5. The lowest BCUT2D eigenvalue weighted by Crippen LogP contribution is -2.14. The van der Waals surface area contributed by atoms with Crippen molar-refractivity contribution in [1.29, 1.82) is 0 Å². The Bertz CT molecular complexity index is 632. The van der Waals surface area contributed by atoms with Crippen LogP contribution >= 0.6 is 15.9 Å². The normalized spacial score (nSPS) is 10.5. The monoisotopic (exact) mass is 335 g/mol. The van der Waals surface area contributed by atoms with E-state index in [4.69, 9.17) is 0 Å². The molecule has 2 rings (SSSR count). The van der Waals surface area contributed by atoms with Gasteiger partial charge in [0, 0.05) is 24.8 Å². The summed E-state index contributed by atoms with van der Waals surface area (Å²) in [6, 6.07) is 11.0. The van der Waals surface area contributed by atoms with Gasteiger partial charge in [0.25, 0.3) is 5.69 Å². The Morgan fingerprint density at radius 3 is 2.80 bits per heavy atom. The number of hydrogen-bond donors (Lipinski definition) is 1. The molecular weight excluding hydrogens is 322 g/mol. The highest BCUT2D eigenvalue weighted by molar-refractivity contribution is 9.10. The molecule has 1 N–H and O–H groups in total. The second-order valence-corrected chi connectivity index (χ2v) is 5.27. The molecule has 0 saturated heterocycles. The van der Waals surface area contributed by atoms with E-state index in [-0.39, 0.29) is 5.69 Å². The third kappa shape index (κ3) is 3.85. The van der Waals surface area contributed by atoms with Gasteiger partial charge in [-0.05, 0) is 46.6 Å². The first-order valence-corrected chi connectivity index (χ1v) is 6.91. The van der Waals surface area contributed by atoms with Crippen LogP contribution in [0, 0.1) is 17.0 Å². The van der Waals surface area contributed by atoms with Crippen LogP contribution in [0.1, 0.15) is 17.0 Å². The topological polar surface area (TPSA) is 68.1 Å². The van der Waals surface area contributed by atoms with Crippen molar-refractivity contribution in [3.8, 4) is 0 Å². The van der Waals surface area contributed by atoms with Gasteiger partial charge in [0.05, 0.1) is 15.1 Å². The molecule has 6 heteroatoms. The molecule has 0 amide bonds. The maximum atomic E-state index is 10.9. The van der Waals surface area contributed by atoms with E-state index in [2.05, 4.69) is 26.2 Å². The van der Waals surface area contributed by atoms with Crippen LogP contribution in [0.5, 0.6) is 0 Å². The number of benzene rings is 1. The Labute approximate surface area is 125 Å². The molecule has 2 aromatic rings. The summed E-state index contributed by atoms with van der Waals surface area (Å²) in [5.74, 6) is 0. The largest absolute Gasteiger partial charge is 0.307 e. The van der Waals surface area contributed by atoms with E-state index in [0.29, 0.717) is 17.6 Å². The Morgan fingerprint density at radius 1 is 1.30 bits per heavy atom. The van der Waals surface area contributed by atoms with Gasteiger partial charge in [0.15, 0.2) is 0 Å². The first-order chi connectivity index (χ1) is 9.56. The molecule has 0 saturated carbocycles. The third-order valence-corrected chi connectivity index (χ3v) is 3.46. The predicted octanol–water partition coefficient (Wildman–Crippen LogP) is 3.35. The number of aryl methyl sites for hydroxylation is 1. The van der Waals surface area contributed by atoms with E-state index in [9.17, 15) is 10.1 Å². The van der Waals surface area contributed by atoms with E-state index >= 15 is 0 Å². The summed E-state index contributed by atoms with van der Waals surface area (Å²) in [6.45, 7) is 3.14. The minimum atomic E-state index is -0.393. The Morgan fingerprint density at radius 2 is 2.10 bits per heavy atom. The number of nitrogens with one attached hydrogen (secondary N) is 1. The molecule has 0 aliphatic carbocycles. The lowest BCUT2D eigenvalue weighted by molar-refractivity contribution is -0.385. The highest BCUT2D eigenvalue weighted by Crippen LogP contribution is 2.25. The summed E-state index contributed by atoms with van der Waals surface area (Å²) in [5, 5.41) is 14.1. The molecule has 0 atom stereocenters. The number of pyridine rings is 1. The zero-order valence-electron chi connectivity index (χ0n) is 11.0. The minimum absolute atomic E-state index is 0.0815. The summed E-state index contributed by atoms with van der Waals surface area (Å²) < 4.78 is 0.492. The average molecular weight is 336 g/mol. The van der Waals surface area contributed by atoms with E-state index in [1.165, 1.54) is 0 Å². The van der Waals surface area contributed by atoms with Gasteiger partial charge in [-0.3, -0.25) is 15.1 Å². The van der Waals surface area contributed by atoms with Crippen LogP contribution < -0.4 is 5.32 Å². The van der Waals surface area contributed by atoms with Crippen LogP contribution in [0.15, 0.2) is 40.9 Å². The van der Waals surface area contributed by atoms with Gasteiger partial charge in [-0.15, -0.1) is 0 Å². The fourth-order valence-electron chi connectivity index (χ4n) is 1.84. The lowest BCUT2D eigenvalue weighted by atomic mass is 10.2. The first kappa shape index (κ1) is 14.6. The zero-order chi connectivity index (χ0) is 14.5. The number of nitrogens with zero attached hydrogens (tertiary/aromatic N) is 2. The van der Waals surface area contributed by atoms with Gasteiger partial charge < -0.3 is 5.32 Å². The highest BCUT2D eigenvalue weighted by Gasteiger charge is 2.11. The van der Waals surface area contributed by atoms with Crippen molar-refractivity contribution < 1.29 is 4.92 Å². The van der Waals surface area contributed by atoms with Crippen molar-refractivity contribution in [1.82, 2.24) is 10.3 Å². The van der Waals surface area contributed by atoms with Crippen LogP contribution in [0.4, 0.5) is 5.69 Å². The first-order valence-electron chi connectivity index (χ1n) is 6.12. The van der Waals surface area contributed by atoms with Crippen molar-refractivity contribution in [3.05, 3.63) is 67.9 Å². The fraction of sp³-hybridized carbons (Fsp3) is 0.214. The number of nitro benzene ring substituents is 1. The van der Waals surface area contributed by atoms with Gasteiger partial charge in [-0.25, -0.2) is 0 Å². The second kappa shape index (κ2) is 6.58. The summed E-state index contributed by atoms with van der Waals surface area (Å²) in [6.07, 6.45) is 0. The van der Waals surface area contributed by atoms with Crippen LogP contribution in [0.3, 0.4) is 0 Å². The van der Waals surface area contributed by atoms with Crippen molar-refractivity contribution >= 4 is 21.6 Å². The molecular formula is C14H14BrN3O2. The molecule has 0 radical (unpaired) electrons. The summed E-state index contributed by atoms with van der Waals surface area (Å²) in [7, 11) is 0. The number of hydrogen-bond acceptors (Lipinski definition) is 4. The Kier molecular flexibility index (Phi) is 4.81. The van der Waals surface area contributed by atoms with E-state index in [0.717, 1.165) is 17.0 Å². The average Bonchev–Trinajstić information content (AvgIpc) is 2.40. The van der Waals surface area contributed by atoms with Crippen LogP contribution in [0.25, 0.3) is 0 Å². The molecule has 0 fully saturated rings. The highest BCUT2D eigenvalue weighted by atomic mass is 79.9. The smallest absolute Gasteiger partial charge is 0.283 e. The molecule has 1 aromatic heterocycles. The zero-order valence-corrected chi connectivity index (χ0v) is 12.6. The van der Waals surface area contributed by atoms with Gasteiger partial charge in [0.1, 0.15) is 0 Å². The maximum Gasteiger partial charge on any atom is 0.283 e. The van der Waals surface area contributed by atoms with Gasteiger partial charge in [0.2, 0.25) is 0 Å². The minimum Gasteiger partial charge on any atom is -0.307 e. The summed E-state index contributed by atoms with van der Waals surface area (Å²) in [4.78, 5) is 14.8. The van der Waals surface area contributed by atoms with Crippen LogP contribution in [-0.4, -0.2) is 9.91 Å². The van der Waals surface area contributed by atoms with E-state index in [1.54, 1.807) is 12.1 Å². The second-order valence-electron chi connectivity index (χ2n) is 4.42. The molecule has 0 aliphatic rings. The third-order valence-electron chi connectivity index (χ3n) is 2.79. The number of nitro groups is 1. The van der Waals surface area contributed by atoms with Crippen LogP contribution in [-0.2, 0) is 13.1 Å². The quantitative estimate of drug-likeness (QED) is 0.672. The van der Waals surface area contributed by atoms with Crippen molar-refractivity contribution in [3.63, 3.8) is 0 Å². The van der Waals surface area contributed by atoms with Crippen molar-refractivity contribution in [2.45, 2.75) is 20.0 Å². The van der Waals surface area contributed by atoms with Gasteiger partial charge in [-0.2, -0.15) is 0 Å². The molecule has 1 aromatic carbocycles. The summed E-state index contributed by atoms with van der Waals surface area (Å²) >= 11 is 3.17. The van der Waals surface area contributed by atoms with Gasteiger partial charge in [-0.1, -0.05) is 12.1 Å². The molecule has 20 heavy (non-hydrogen) atoms.